The summed E-state index contributed by atoms with van der Waals surface area (Å²) < 4.78 is 30.6. The van der Waals surface area contributed by atoms with E-state index in [1.54, 1.807) is 10.9 Å². The summed E-state index contributed by atoms with van der Waals surface area (Å²) in [5.74, 6) is -0.621. The maximum atomic E-state index is 12.6. The highest BCUT2D eigenvalue weighted by Gasteiger charge is 2.36. The van der Waals surface area contributed by atoms with E-state index in [-0.39, 0.29) is 38.2 Å². The molecule has 0 aromatic carbocycles. The second-order valence-corrected chi connectivity index (χ2v) is 8.38. The number of nitrogens with zero attached hydrogens (tertiary/aromatic N) is 4. The zero-order chi connectivity index (χ0) is 19.4. The van der Waals surface area contributed by atoms with Crippen LogP contribution in [-0.2, 0) is 29.7 Å². The first kappa shape index (κ1) is 19.8. The second-order valence-electron chi connectivity index (χ2n) is 6.38. The molecule has 1 fully saturated rings. The van der Waals surface area contributed by atoms with Gasteiger partial charge in [-0.15, -0.1) is 0 Å². The van der Waals surface area contributed by atoms with Crippen molar-refractivity contribution < 1.29 is 28.3 Å². The van der Waals surface area contributed by atoms with Crippen LogP contribution < -0.4 is 5.73 Å². The van der Waals surface area contributed by atoms with E-state index < -0.39 is 13.5 Å². The van der Waals surface area contributed by atoms with Crippen molar-refractivity contribution in [3.05, 3.63) is 12.7 Å². The Balaban J connectivity index is 1.53. The topological polar surface area (TPSA) is 152 Å². The van der Waals surface area contributed by atoms with E-state index in [0.29, 0.717) is 29.8 Å². The van der Waals surface area contributed by atoms with Gasteiger partial charge < -0.3 is 34.0 Å². The predicted molar refractivity (Wildman–Crippen MR) is 94.8 cm³/mol. The normalized spacial score (nSPS) is 25.3. The van der Waals surface area contributed by atoms with Crippen molar-refractivity contribution in [3.63, 3.8) is 0 Å². The van der Waals surface area contributed by atoms with Crippen LogP contribution >= 0.6 is 7.60 Å². The number of aliphatic hydroxyl groups is 1. The molecule has 1 saturated heterocycles. The Kier molecular flexibility index (Phi) is 6.18. The number of carbonyl (C=O) groups is 1. The quantitative estimate of drug-likeness (QED) is 0.472. The third-order valence-electron chi connectivity index (χ3n) is 4.36. The number of hydrogen-bond acceptors (Lipinski definition) is 10. The lowest BCUT2D eigenvalue weighted by atomic mass is 9.96. The molecule has 1 aliphatic heterocycles. The Labute approximate surface area is 155 Å². The van der Waals surface area contributed by atoms with Crippen LogP contribution in [0.4, 0.5) is 5.82 Å². The van der Waals surface area contributed by atoms with Gasteiger partial charge in [0.2, 0.25) is 0 Å². The molecule has 2 atom stereocenters. The summed E-state index contributed by atoms with van der Waals surface area (Å²) in [6, 6.07) is 0. The molecule has 27 heavy (non-hydrogen) atoms. The van der Waals surface area contributed by atoms with Gasteiger partial charge in [-0.25, -0.2) is 15.0 Å². The van der Waals surface area contributed by atoms with Crippen LogP contribution in [0.1, 0.15) is 6.92 Å². The molecule has 0 aliphatic carbocycles. The zero-order valence-electron chi connectivity index (χ0n) is 14.8. The van der Waals surface area contributed by atoms with Gasteiger partial charge in [0.25, 0.3) is 0 Å². The molecule has 2 aromatic heterocycles. The Bertz CT molecular complexity index is 833. The average Bonchev–Trinajstić information content (AvgIpc) is 3.07. The molecule has 3 heterocycles. The minimum absolute atomic E-state index is 0.0708. The van der Waals surface area contributed by atoms with E-state index in [1.807, 2.05) is 6.92 Å². The van der Waals surface area contributed by atoms with Crippen molar-refractivity contribution in [2.75, 3.05) is 31.9 Å². The van der Waals surface area contributed by atoms with Crippen LogP contribution in [0.15, 0.2) is 12.7 Å². The SMILES string of the molecule is C[C@H](Cn1cnc2c(N)ncnc21)OCP1(=O)OCC(C(C=O)CO)CO1. The number of rotatable bonds is 8. The van der Waals surface area contributed by atoms with E-state index in [0.717, 1.165) is 0 Å². The van der Waals surface area contributed by atoms with Crippen molar-refractivity contribution in [1.82, 2.24) is 19.5 Å². The predicted octanol–water partition coefficient (Wildman–Crippen LogP) is 0.435. The maximum Gasteiger partial charge on any atom is 0.356 e. The molecule has 0 amide bonds. The lowest BCUT2D eigenvalue weighted by Crippen LogP contribution is -2.32. The number of nitrogens with two attached hydrogens (primary N) is 1. The standard InChI is InChI=1S/C15H22N5O6P/c1-10(2-20-8-19-13-14(16)17-7-18-15(13)20)24-9-27(23)25-5-12(6-26-27)11(3-21)4-22/h3,7-8,10-12,22H,2,4-6,9H2,1H3,(H2,16,17,18)/t10-,11?,12?,27?/m1/s1. The maximum absolute atomic E-state index is 12.6. The van der Waals surface area contributed by atoms with Gasteiger partial charge in [0, 0.05) is 11.8 Å². The van der Waals surface area contributed by atoms with Gasteiger partial charge >= 0.3 is 7.60 Å². The number of nitrogen functional groups attached to an aromatic ring is 1. The Morgan fingerprint density at radius 3 is 2.85 bits per heavy atom. The van der Waals surface area contributed by atoms with Gasteiger partial charge in [0.05, 0.1) is 38.8 Å². The minimum Gasteiger partial charge on any atom is -0.396 e. The average molecular weight is 399 g/mol. The Morgan fingerprint density at radius 1 is 1.44 bits per heavy atom. The van der Waals surface area contributed by atoms with Gasteiger partial charge in [-0.05, 0) is 6.92 Å². The fraction of sp³-hybridized carbons (Fsp3) is 0.600. The Morgan fingerprint density at radius 2 is 2.19 bits per heavy atom. The molecule has 0 saturated carbocycles. The van der Waals surface area contributed by atoms with Crippen LogP contribution in [0, 0.1) is 11.8 Å². The zero-order valence-corrected chi connectivity index (χ0v) is 15.7. The number of carbonyl (C=O) groups excluding carboxylic acids is 1. The second kappa shape index (κ2) is 8.41. The monoisotopic (exact) mass is 399 g/mol. The first-order valence-electron chi connectivity index (χ1n) is 8.43. The van der Waals surface area contributed by atoms with Crippen LogP contribution in [0.3, 0.4) is 0 Å². The summed E-state index contributed by atoms with van der Waals surface area (Å²) in [6.45, 7) is 2.06. The summed E-state index contributed by atoms with van der Waals surface area (Å²) in [7, 11) is -3.40. The molecule has 0 bridgehead atoms. The van der Waals surface area contributed by atoms with Gasteiger partial charge in [-0.3, -0.25) is 4.57 Å². The largest absolute Gasteiger partial charge is 0.396 e. The summed E-state index contributed by atoms with van der Waals surface area (Å²) in [5, 5.41) is 9.14. The summed E-state index contributed by atoms with van der Waals surface area (Å²) in [4.78, 5) is 23.1. The highest BCUT2D eigenvalue weighted by molar-refractivity contribution is 7.53. The van der Waals surface area contributed by atoms with E-state index in [9.17, 15) is 9.36 Å². The number of aliphatic hydroxyl groups excluding tert-OH is 1. The number of aldehydes is 1. The molecule has 2 aromatic rings. The molecule has 11 nitrogen and oxygen atoms in total. The van der Waals surface area contributed by atoms with Crippen molar-refractivity contribution in [1.29, 1.82) is 0 Å². The molecule has 148 valence electrons. The molecule has 3 rings (SSSR count). The van der Waals surface area contributed by atoms with Gasteiger partial charge in [0.15, 0.2) is 11.5 Å². The van der Waals surface area contributed by atoms with Crippen molar-refractivity contribution in [3.8, 4) is 0 Å². The van der Waals surface area contributed by atoms with Crippen molar-refractivity contribution >= 4 is 30.9 Å². The smallest absolute Gasteiger partial charge is 0.356 e. The molecule has 3 N–H and O–H groups in total. The third kappa shape index (κ3) is 4.50. The van der Waals surface area contributed by atoms with Crippen LogP contribution in [0.25, 0.3) is 11.2 Å². The summed E-state index contributed by atoms with van der Waals surface area (Å²) in [5.41, 5.74) is 6.86. The van der Waals surface area contributed by atoms with E-state index >= 15 is 0 Å². The molecule has 1 unspecified atom stereocenters. The van der Waals surface area contributed by atoms with E-state index in [1.165, 1.54) is 6.33 Å². The molecule has 0 spiro atoms. The first-order valence-corrected chi connectivity index (χ1v) is 10.2. The number of fused-ring (bicyclic) bond motifs is 1. The third-order valence-corrected chi connectivity index (χ3v) is 5.91. The van der Waals surface area contributed by atoms with Crippen LogP contribution in [-0.4, -0.2) is 63.2 Å². The van der Waals surface area contributed by atoms with Crippen molar-refractivity contribution in [2.45, 2.75) is 19.6 Å². The van der Waals surface area contributed by atoms with Gasteiger partial charge in [0.1, 0.15) is 24.5 Å². The molecular formula is C15H22N5O6P. The number of anilines is 1. The molecule has 12 heteroatoms. The fourth-order valence-corrected chi connectivity index (χ4v) is 4.21. The number of ether oxygens (including phenoxy) is 1. The van der Waals surface area contributed by atoms with Gasteiger partial charge in [-0.1, -0.05) is 0 Å². The van der Waals surface area contributed by atoms with Crippen molar-refractivity contribution in [2.24, 2.45) is 11.8 Å². The van der Waals surface area contributed by atoms with Crippen LogP contribution in [0.5, 0.6) is 0 Å². The number of imidazole rings is 1. The molecule has 0 radical (unpaired) electrons. The highest BCUT2D eigenvalue weighted by Crippen LogP contribution is 2.52. The summed E-state index contributed by atoms with van der Waals surface area (Å²) >= 11 is 0. The fourth-order valence-electron chi connectivity index (χ4n) is 2.71. The van der Waals surface area contributed by atoms with Gasteiger partial charge in [-0.2, -0.15) is 0 Å². The number of hydrogen-bond donors (Lipinski definition) is 2. The van der Waals surface area contributed by atoms with E-state index in [4.69, 9.17) is 24.6 Å². The molecule has 1 aliphatic rings. The molecular weight excluding hydrogens is 377 g/mol. The van der Waals surface area contributed by atoms with E-state index in [2.05, 4.69) is 15.0 Å². The lowest BCUT2D eigenvalue weighted by Gasteiger charge is -2.31. The summed E-state index contributed by atoms with van der Waals surface area (Å²) in [6.07, 6.45) is 3.06. The first-order chi connectivity index (χ1) is 13.0. The highest BCUT2D eigenvalue weighted by atomic mass is 31.2. The lowest BCUT2D eigenvalue weighted by molar-refractivity contribution is -0.115. The minimum atomic E-state index is -3.40. The number of aromatic nitrogens is 4. The van der Waals surface area contributed by atoms with Crippen LogP contribution in [0.2, 0.25) is 0 Å². The Hall–Kier alpha value is -1.91.